The van der Waals surface area contributed by atoms with Crippen molar-refractivity contribution in [3.05, 3.63) is 0 Å². The molecule has 0 aromatic heterocycles. The van der Waals surface area contributed by atoms with E-state index >= 15 is 0 Å². The molecule has 6 heteroatoms. The summed E-state index contributed by atoms with van der Waals surface area (Å²) in [5.74, 6) is 0.215. The number of piperidine rings is 1. The Bertz CT molecular complexity index is 408. The van der Waals surface area contributed by atoms with E-state index in [1.54, 1.807) is 0 Å². The molecule has 2 N–H and O–H groups in total. The van der Waals surface area contributed by atoms with Gasteiger partial charge in [-0.3, -0.25) is 4.90 Å². The van der Waals surface area contributed by atoms with Crippen LogP contribution in [0.3, 0.4) is 0 Å². The van der Waals surface area contributed by atoms with Crippen molar-refractivity contribution < 1.29 is 8.42 Å². The Morgan fingerprint density at radius 3 is 2.68 bits per heavy atom. The maximum atomic E-state index is 12.1. The third-order valence-electron chi connectivity index (χ3n) is 4.57. The summed E-state index contributed by atoms with van der Waals surface area (Å²) in [7, 11) is -3.12. The largest absolute Gasteiger partial charge is 0.313 e. The Labute approximate surface area is 116 Å². The van der Waals surface area contributed by atoms with Crippen molar-refractivity contribution in [2.75, 3.05) is 25.4 Å². The first-order valence-corrected chi connectivity index (χ1v) is 9.27. The summed E-state index contributed by atoms with van der Waals surface area (Å²) in [4.78, 5) is 2.46. The molecule has 110 valence electrons. The Balaban J connectivity index is 1.48. The Morgan fingerprint density at radius 2 is 1.89 bits per heavy atom. The van der Waals surface area contributed by atoms with Crippen LogP contribution in [0.25, 0.3) is 0 Å². The molecule has 3 rings (SSSR count). The van der Waals surface area contributed by atoms with E-state index in [9.17, 15) is 8.42 Å². The van der Waals surface area contributed by atoms with Crippen LogP contribution >= 0.6 is 0 Å². The molecule has 0 aromatic rings. The maximum Gasteiger partial charge on any atom is 0.213 e. The van der Waals surface area contributed by atoms with Crippen molar-refractivity contribution in [1.29, 1.82) is 0 Å². The molecule has 0 amide bonds. The van der Waals surface area contributed by atoms with Gasteiger partial charge in [0.25, 0.3) is 0 Å². The lowest BCUT2D eigenvalue weighted by Gasteiger charge is -2.32. The Hall–Kier alpha value is -0.170. The monoisotopic (exact) mass is 287 g/mol. The lowest BCUT2D eigenvalue weighted by molar-refractivity contribution is 0.186. The second kappa shape index (κ2) is 5.68. The maximum absolute atomic E-state index is 12.1. The van der Waals surface area contributed by atoms with Crippen LogP contribution in [0.2, 0.25) is 0 Å². The minimum absolute atomic E-state index is 0.145. The van der Waals surface area contributed by atoms with Crippen LogP contribution in [0, 0.1) is 0 Å². The van der Waals surface area contributed by atoms with Gasteiger partial charge in [-0.05, 0) is 38.6 Å². The van der Waals surface area contributed by atoms with Gasteiger partial charge in [-0.1, -0.05) is 6.42 Å². The number of hydrogen-bond acceptors (Lipinski definition) is 4. The van der Waals surface area contributed by atoms with Crippen molar-refractivity contribution in [2.24, 2.45) is 0 Å². The van der Waals surface area contributed by atoms with Crippen LogP contribution < -0.4 is 10.0 Å². The molecule has 3 fully saturated rings. The van der Waals surface area contributed by atoms with E-state index in [0.717, 1.165) is 25.9 Å². The fourth-order valence-corrected chi connectivity index (χ4v) is 4.60. The lowest BCUT2D eigenvalue weighted by atomic mass is 10.00. The van der Waals surface area contributed by atoms with Crippen LogP contribution in [-0.4, -0.2) is 56.8 Å². The standard InChI is InChI=1S/C13H25N3O2S/c17-19(18,10-7-14-11-4-5-11)15-12-6-9-16-8-2-1-3-13(12)16/h11-15H,1-10H2. The number of sulfonamides is 1. The first-order chi connectivity index (χ1) is 9.14. The molecule has 19 heavy (non-hydrogen) atoms. The van der Waals surface area contributed by atoms with Crippen LogP contribution in [-0.2, 0) is 10.0 Å². The highest BCUT2D eigenvalue weighted by Crippen LogP contribution is 2.27. The van der Waals surface area contributed by atoms with Gasteiger partial charge in [0.05, 0.1) is 5.75 Å². The molecule has 0 radical (unpaired) electrons. The van der Waals surface area contributed by atoms with Gasteiger partial charge in [-0.15, -0.1) is 0 Å². The Kier molecular flexibility index (Phi) is 4.12. The van der Waals surface area contributed by atoms with Gasteiger partial charge in [-0.25, -0.2) is 13.1 Å². The number of nitrogens with one attached hydrogen (secondary N) is 2. The lowest BCUT2D eigenvalue weighted by Crippen LogP contribution is -2.48. The number of hydrogen-bond donors (Lipinski definition) is 2. The summed E-state index contributed by atoms with van der Waals surface area (Å²) in [6, 6.07) is 1.17. The zero-order valence-corrected chi connectivity index (χ0v) is 12.3. The molecule has 3 aliphatic rings. The average Bonchev–Trinajstić information content (AvgIpc) is 3.11. The molecule has 0 bridgehead atoms. The van der Waals surface area contributed by atoms with Gasteiger partial charge in [-0.2, -0.15) is 0 Å². The van der Waals surface area contributed by atoms with E-state index in [1.807, 2.05) is 0 Å². The van der Waals surface area contributed by atoms with Gasteiger partial charge in [0.1, 0.15) is 0 Å². The van der Waals surface area contributed by atoms with E-state index in [1.165, 1.54) is 25.7 Å². The summed E-state index contributed by atoms with van der Waals surface area (Å²) in [6.07, 6.45) is 7.03. The highest BCUT2D eigenvalue weighted by Gasteiger charge is 2.37. The second-order valence-electron chi connectivity index (χ2n) is 6.16. The summed E-state index contributed by atoms with van der Waals surface area (Å²) >= 11 is 0. The van der Waals surface area contributed by atoms with E-state index < -0.39 is 10.0 Å². The summed E-state index contributed by atoms with van der Waals surface area (Å²) in [5.41, 5.74) is 0. The van der Waals surface area contributed by atoms with Gasteiger partial charge in [0, 0.05) is 31.2 Å². The molecule has 0 spiro atoms. The predicted molar refractivity (Wildman–Crippen MR) is 75.6 cm³/mol. The predicted octanol–water partition coefficient (Wildman–Crippen LogP) is 0.285. The molecular weight excluding hydrogens is 262 g/mol. The fraction of sp³-hybridized carbons (Fsp3) is 1.00. The number of fused-ring (bicyclic) bond motifs is 1. The second-order valence-corrected chi connectivity index (χ2v) is 8.03. The average molecular weight is 287 g/mol. The SMILES string of the molecule is O=S(=O)(CCNC1CC1)NC1CCN2CCCCC12. The highest BCUT2D eigenvalue weighted by molar-refractivity contribution is 7.89. The molecule has 1 aliphatic carbocycles. The van der Waals surface area contributed by atoms with Gasteiger partial charge < -0.3 is 5.32 Å². The Morgan fingerprint density at radius 1 is 1.05 bits per heavy atom. The van der Waals surface area contributed by atoms with Crippen LogP contribution in [0.4, 0.5) is 0 Å². The molecule has 2 saturated heterocycles. The number of rotatable bonds is 6. The van der Waals surface area contributed by atoms with Crippen LogP contribution in [0.15, 0.2) is 0 Å². The molecule has 1 saturated carbocycles. The fourth-order valence-electron chi connectivity index (χ4n) is 3.36. The summed E-state index contributed by atoms with van der Waals surface area (Å²) in [5, 5.41) is 3.26. The van der Waals surface area contributed by atoms with Gasteiger partial charge in [0.15, 0.2) is 0 Å². The van der Waals surface area contributed by atoms with Crippen molar-refractivity contribution in [3.63, 3.8) is 0 Å². The topological polar surface area (TPSA) is 61.4 Å². The quantitative estimate of drug-likeness (QED) is 0.737. The zero-order chi connectivity index (χ0) is 13.3. The molecule has 2 unspecified atom stereocenters. The minimum atomic E-state index is -3.12. The smallest absolute Gasteiger partial charge is 0.213 e. The highest BCUT2D eigenvalue weighted by atomic mass is 32.2. The third-order valence-corrected chi connectivity index (χ3v) is 5.97. The molecule has 2 heterocycles. The van der Waals surface area contributed by atoms with E-state index in [4.69, 9.17) is 0 Å². The van der Waals surface area contributed by atoms with Crippen LogP contribution in [0.1, 0.15) is 38.5 Å². The van der Waals surface area contributed by atoms with E-state index in [0.29, 0.717) is 18.6 Å². The van der Waals surface area contributed by atoms with Crippen molar-refractivity contribution in [3.8, 4) is 0 Å². The number of nitrogens with zero attached hydrogens (tertiary/aromatic N) is 1. The van der Waals surface area contributed by atoms with Crippen molar-refractivity contribution >= 4 is 10.0 Å². The molecular formula is C13H25N3O2S. The van der Waals surface area contributed by atoms with Crippen molar-refractivity contribution in [2.45, 2.75) is 56.7 Å². The van der Waals surface area contributed by atoms with E-state index in [-0.39, 0.29) is 11.8 Å². The first-order valence-electron chi connectivity index (χ1n) is 7.61. The van der Waals surface area contributed by atoms with Crippen molar-refractivity contribution in [1.82, 2.24) is 14.9 Å². The molecule has 5 nitrogen and oxygen atoms in total. The molecule has 2 atom stereocenters. The van der Waals surface area contributed by atoms with E-state index in [2.05, 4.69) is 14.9 Å². The molecule has 0 aromatic carbocycles. The zero-order valence-electron chi connectivity index (χ0n) is 11.5. The first kappa shape index (κ1) is 13.8. The molecule has 2 aliphatic heterocycles. The summed E-state index contributed by atoms with van der Waals surface area (Å²) < 4.78 is 27.1. The third kappa shape index (κ3) is 3.68. The normalized spacial score (nSPS) is 32.4. The summed E-state index contributed by atoms with van der Waals surface area (Å²) in [6.45, 7) is 2.78. The minimum Gasteiger partial charge on any atom is -0.313 e. The van der Waals surface area contributed by atoms with Crippen LogP contribution in [0.5, 0.6) is 0 Å². The van der Waals surface area contributed by atoms with Gasteiger partial charge in [0.2, 0.25) is 10.0 Å². The van der Waals surface area contributed by atoms with Gasteiger partial charge >= 0.3 is 0 Å².